The molecule has 0 aromatic rings. The smallest absolute Gasteiger partial charge is 0.330 e. The third-order valence-corrected chi connectivity index (χ3v) is 5.96. The van der Waals surface area contributed by atoms with E-state index in [9.17, 15) is 4.79 Å². The standard InChI is InChI=1S/C16H28BO2Si/c1-19-16(18)13-9-8-12-15(20(2,3)4)17-14-10-6-5-7-11-14/h9,12-14H,5-8,10-11H2,1-4H3/b13-9+,15-12-. The number of carbonyl (C=O) groups excluding carboxylic acids is 1. The summed E-state index contributed by atoms with van der Waals surface area (Å²) in [6.45, 7) is 7.17. The van der Waals surface area contributed by atoms with Gasteiger partial charge in [-0.25, -0.2) is 4.79 Å². The largest absolute Gasteiger partial charge is 0.466 e. The minimum atomic E-state index is -1.30. The summed E-state index contributed by atoms with van der Waals surface area (Å²) in [5.41, 5.74) is 0. The summed E-state index contributed by atoms with van der Waals surface area (Å²) in [6.07, 6.45) is 13.4. The first kappa shape index (κ1) is 17.3. The summed E-state index contributed by atoms with van der Waals surface area (Å²) < 4.78 is 4.60. The molecule has 0 aromatic heterocycles. The van der Waals surface area contributed by atoms with Crippen molar-refractivity contribution < 1.29 is 9.53 Å². The highest BCUT2D eigenvalue weighted by molar-refractivity contribution is 6.93. The van der Waals surface area contributed by atoms with Crippen molar-refractivity contribution >= 4 is 21.3 Å². The molecule has 20 heavy (non-hydrogen) atoms. The molecule has 1 rings (SSSR count). The normalized spacial score (nSPS) is 18.3. The molecule has 1 fully saturated rings. The molecule has 0 saturated heterocycles. The maximum atomic E-state index is 11.0. The fourth-order valence-corrected chi connectivity index (χ4v) is 4.07. The van der Waals surface area contributed by atoms with Crippen LogP contribution in [0.15, 0.2) is 23.3 Å². The molecule has 1 radical (unpaired) electrons. The lowest BCUT2D eigenvalue weighted by molar-refractivity contribution is -0.134. The number of esters is 1. The Kier molecular flexibility index (Phi) is 7.35. The van der Waals surface area contributed by atoms with Gasteiger partial charge in [0.2, 0.25) is 0 Å². The first-order valence-electron chi connectivity index (χ1n) is 7.73. The first-order valence-corrected chi connectivity index (χ1v) is 11.2. The Morgan fingerprint density at radius 2 is 1.90 bits per heavy atom. The van der Waals surface area contributed by atoms with E-state index in [0.717, 1.165) is 12.2 Å². The molecule has 1 aliphatic rings. The van der Waals surface area contributed by atoms with Crippen molar-refractivity contribution in [1.82, 2.24) is 0 Å². The van der Waals surface area contributed by atoms with Crippen LogP contribution in [-0.4, -0.2) is 28.4 Å². The Morgan fingerprint density at radius 1 is 1.25 bits per heavy atom. The number of allylic oxidation sites excluding steroid dienone is 2. The molecule has 111 valence electrons. The van der Waals surface area contributed by atoms with Gasteiger partial charge in [-0.2, -0.15) is 0 Å². The van der Waals surface area contributed by atoms with E-state index in [0.29, 0.717) is 0 Å². The van der Waals surface area contributed by atoms with E-state index >= 15 is 0 Å². The molecule has 0 atom stereocenters. The maximum absolute atomic E-state index is 11.0. The summed E-state index contributed by atoms with van der Waals surface area (Å²) in [5, 5.41) is 1.54. The zero-order chi connectivity index (χ0) is 15.0. The van der Waals surface area contributed by atoms with Gasteiger partial charge in [-0.15, -0.1) is 5.10 Å². The van der Waals surface area contributed by atoms with Crippen molar-refractivity contribution in [2.24, 2.45) is 0 Å². The van der Waals surface area contributed by atoms with Crippen LogP contribution in [-0.2, 0) is 9.53 Å². The number of carbonyl (C=O) groups is 1. The molecule has 4 heteroatoms. The molecular weight excluding hydrogens is 263 g/mol. The molecular formula is C16H28BO2Si. The Morgan fingerprint density at radius 3 is 2.45 bits per heavy atom. The Labute approximate surface area is 125 Å². The average molecular weight is 291 g/mol. The zero-order valence-corrected chi connectivity index (χ0v) is 14.4. The molecule has 0 aliphatic heterocycles. The molecule has 0 unspecified atom stereocenters. The molecule has 0 spiro atoms. The van der Waals surface area contributed by atoms with Gasteiger partial charge in [0.15, 0.2) is 0 Å². The quantitative estimate of drug-likeness (QED) is 0.414. The van der Waals surface area contributed by atoms with Gasteiger partial charge in [0.05, 0.1) is 15.2 Å². The summed E-state index contributed by atoms with van der Waals surface area (Å²) in [6, 6.07) is 0. The lowest BCUT2D eigenvalue weighted by Gasteiger charge is -2.27. The van der Waals surface area contributed by atoms with Crippen molar-refractivity contribution in [1.29, 1.82) is 0 Å². The van der Waals surface area contributed by atoms with Crippen molar-refractivity contribution in [3.05, 3.63) is 23.3 Å². The number of hydrogen-bond acceptors (Lipinski definition) is 2. The van der Waals surface area contributed by atoms with Crippen molar-refractivity contribution in [2.45, 2.75) is 64.0 Å². The molecule has 1 aliphatic carbocycles. The molecule has 0 aromatic carbocycles. The Hall–Kier alpha value is -0.768. The molecule has 0 N–H and O–H groups in total. The van der Waals surface area contributed by atoms with Crippen LogP contribution in [0.1, 0.15) is 38.5 Å². The zero-order valence-electron chi connectivity index (χ0n) is 13.4. The van der Waals surface area contributed by atoms with Crippen molar-refractivity contribution in [2.75, 3.05) is 7.11 Å². The summed E-state index contributed by atoms with van der Waals surface area (Å²) in [5.74, 6) is 0.496. The van der Waals surface area contributed by atoms with E-state index in [2.05, 4.69) is 37.7 Å². The van der Waals surface area contributed by atoms with Crippen molar-refractivity contribution in [3.8, 4) is 0 Å². The number of ether oxygens (including phenoxy) is 1. The van der Waals surface area contributed by atoms with E-state index in [-0.39, 0.29) is 5.97 Å². The summed E-state index contributed by atoms with van der Waals surface area (Å²) >= 11 is 0. The van der Waals surface area contributed by atoms with Crippen LogP contribution in [0.3, 0.4) is 0 Å². The molecule has 0 heterocycles. The second kappa shape index (κ2) is 8.50. The highest BCUT2D eigenvalue weighted by atomic mass is 28.3. The number of rotatable bonds is 6. The van der Waals surface area contributed by atoms with Gasteiger partial charge in [-0.1, -0.05) is 69.7 Å². The lowest BCUT2D eigenvalue weighted by Crippen LogP contribution is -2.30. The molecule has 0 amide bonds. The third-order valence-electron chi connectivity index (χ3n) is 3.86. The van der Waals surface area contributed by atoms with Crippen molar-refractivity contribution in [3.63, 3.8) is 0 Å². The van der Waals surface area contributed by atoms with Gasteiger partial charge in [0.1, 0.15) is 7.28 Å². The van der Waals surface area contributed by atoms with E-state index in [1.54, 1.807) is 5.10 Å². The van der Waals surface area contributed by atoms with Gasteiger partial charge >= 0.3 is 5.97 Å². The second-order valence-corrected chi connectivity index (χ2v) is 11.7. The maximum Gasteiger partial charge on any atom is 0.330 e. The van der Waals surface area contributed by atoms with Crippen LogP contribution < -0.4 is 0 Å². The Balaban J connectivity index is 2.59. The fraction of sp³-hybridized carbons (Fsp3) is 0.688. The van der Waals surface area contributed by atoms with Gasteiger partial charge < -0.3 is 4.74 Å². The molecule has 1 saturated carbocycles. The minimum Gasteiger partial charge on any atom is -0.466 e. The lowest BCUT2D eigenvalue weighted by atomic mass is 9.58. The number of methoxy groups -OCH3 is 1. The first-order chi connectivity index (χ1) is 9.43. The highest BCUT2D eigenvalue weighted by Gasteiger charge is 2.24. The second-order valence-electron chi connectivity index (χ2n) is 6.64. The van der Waals surface area contributed by atoms with Gasteiger partial charge in [0.25, 0.3) is 0 Å². The average Bonchev–Trinajstić information content (AvgIpc) is 2.41. The molecule has 2 nitrogen and oxygen atoms in total. The predicted octanol–water partition coefficient (Wildman–Crippen LogP) is 4.32. The van der Waals surface area contributed by atoms with E-state index in [1.165, 1.54) is 45.3 Å². The minimum absolute atomic E-state index is 0.274. The summed E-state index contributed by atoms with van der Waals surface area (Å²) in [4.78, 5) is 11.0. The van der Waals surface area contributed by atoms with E-state index in [1.807, 2.05) is 6.08 Å². The SMILES string of the molecule is COC(=O)/C=C/C/C=C(/[B]C1CCCCC1)[Si](C)(C)C. The third kappa shape index (κ3) is 6.60. The van der Waals surface area contributed by atoms with Crippen LogP contribution in [0, 0.1) is 0 Å². The Bertz CT molecular complexity index is 363. The van der Waals surface area contributed by atoms with E-state index < -0.39 is 8.07 Å². The van der Waals surface area contributed by atoms with Gasteiger partial charge in [-0.05, 0) is 6.42 Å². The van der Waals surface area contributed by atoms with Crippen LogP contribution in [0.5, 0.6) is 0 Å². The fourth-order valence-electron chi connectivity index (χ4n) is 2.61. The van der Waals surface area contributed by atoms with Gasteiger partial charge in [-0.3, -0.25) is 0 Å². The summed E-state index contributed by atoms with van der Waals surface area (Å²) in [7, 11) is 2.63. The van der Waals surface area contributed by atoms with E-state index in [4.69, 9.17) is 0 Å². The van der Waals surface area contributed by atoms with Crippen LogP contribution in [0.2, 0.25) is 25.5 Å². The number of hydrogen-bond donors (Lipinski definition) is 0. The highest BCUT2D eigenvalue weighted by Crippen LogP contribution is 2.31. The van der Waals surface area contributed by atoms with Crippen LogP contribution >= 0.6 is 0 Å². The van der Waals surface area contributed by atoms with Gasteiger partial charge in [0, 0.05) is 6.08 Å². The van der Waals surface area contributed by atoms with Crippen LogP contribution in [0.25, 0.3) is 0 Å². The monoisotopic (exact) mass is 291 g/mol. The topological polar surface area (TPSA) is 26.3 Å². The molecule has 0 bridgehead atoms. The van der Waals surface area contributed by atoms with Crippen LogP contribution in [0.4, 0.5) is 0 Å². The predicted molar refractivity (Wildman–Crippen MR) is 89.8 cm³/mol.